The molecule has 1 N–H and O–H groups in total. The van der Waals surface area contributed by atoms with Gasteiger partial charge in [-0.2, -0.15) is 0 Å². The Labute approximate surface area is 215 Å². The molecule has 6 rings (SSSR count). The molecule has 0 radical (unpaired) electrons. The molecule has 0 bridgehead atoms. The highest BCUT2D eigenvalue weighted by Crippen LogP contribution is 2.61. The summed E-state index contributed by atoms with van der Waals surface area (Å²) in [6, 6.07) is 14.6. The van der Waals surface area contributed by atoms with Crippen molar-refractivity contribution in [3.63, 3.8) is 0 Å². The predicted molar refractivity (Wildman–Crippen MR) is 135 cm³/mol. The van der Waals surface area contributed by atoms with Gasteiger partial charge in [-0.1, -0.05) is 12.1 Å². The number of halogens is 1. The van der Waals surface area contributed by atoms with Crippen LogP contribution in [0.4, 0.5) is 4.39 Å². The minimum atomic E-state index is -0.709. The fraction of sp³-hybridized carbons (Fsp3) is 0.400. The Hall–Kier alpha value is -3.45. The summed E-state index contributed by atoms with van der Waals surface area (Å²) in [4.78, 5) is 15.9. The van der Waals surface area contributed by atoms with E-state index < -0.39 is 5.97 Å². The number of nitrogens with zero attached hydrogens (tertiary/aromatic N) is 1. The molecule has 2 fully saturated rings. The molecule has 192 valence electrons. The second-order valence-electron chi connectivity index (χ2n) is 10.4. The second-order valence-corrected chi connectivity index (χ2v) is 10.4. The van der Waals surface area contributed by atoms with Gasteiger partial charge in [0, 0.05) is 42.0 Å². The highest BCUT2D eigenvalue weighted by Gasteiger charge is 2.59. The van der Waals surface area contributed by atoms with E-state index in [4.69, 9.17) is 14.2 Å². The molecule has 1 aromatic heterocycles. The van der Waals surface area contributed by atoms with Crippen LogP contribution >= 0.6 is 0 Å². The Kier molecular flexibility index (Phi) is 6.32. The molecule has 7 heteroatoms. The highest BCUT2D eigenvalue weighted by atomic mass is 19.1. The lowest BCUT2D eigenvalue weighted by Gasteiger charge is -2.22. The van der Waals surface area contributed by atoms with Gasteiger partial charge in [0.2, 0.25) is 5.88 Å². The number of hydrogen-bond acceptors (Lipinski definition) is 5. The zero-order valence-electron chi connectivity index (χ0n) is 20.8. The molecule has 37 heavy (non-hydrogen) atoms. The van der Waals surface area contributed by atoms with Gasteiger partial charge in [0.25, 0.3) is 0 Å². The Bertz CT molecular complexity index is 1340. The van der Waals surface area contributed by atoms with Crippen LogP contribution in [0.3, 0.4) is 0 Å². The average molecular weight is 504 g/mol. The number of aryl methyl sites for hydroxylation is 1. The van der Waals surface area contributed by atoms with E-state index >= 15 is 0 Å². The van der Waals surface area contributed by atoms with Gasteiger partial charge in [-0.25, -0.2) is 9.37 Å². The SMILES string of the molecule is Cc1nc(OCC2CCOCC2)ccc1-c1ccc(F)c(COc2ccc3c(c2)C[C@H]2[C@H](C(=O)O)[C@@H]32)c1. The summed E-state index contributed by atoms with van der Waals surface area (Å²) in [5.41, 5.74) is 5.33. The average Bonchev–Trinajstić information content (AvgIpc) is 3.50. The maximum Gasteiger partial charge on any atom is 0.307 e. The van der Waals surface area contributed by atoms with Crippen molar-refractivity contribution in [2.75, 3.05) is 19.8 Å². The molecule has 0 amide bonds. The Balaban J connectivity index is 1.11. The highest BCUT2D eigenvalue weighted by molar-refractivity contribution is 5.78. The van der Waals surface area contributed by atoms with Crippen molar-refractivity contribution in [1.29, 1.82) is 0 Å². The smallest absolute Gasteiger partial charge is 0.307 e. The molecule has 2 aliphatic carbocycles. The van der Waals surface area contributed by atoms with Crippen LogP contribution in [0, 0.1) is 30.5 Å². The standard InChI is InChI=1S/C30H30FNO5/c1-17-23(5-7-27(32-17)37-15-18-8-10-35-11-9-18)19-2-6-26(31)21(12-19)16-36-22-3-4-24-20(13-22)14-25-28(24)29(25)30(33)34/h2-7,12-13,18,25,28-29H,8-11,14-16H2,1H3,(H,33,34)/t25-,28+,29+/m1/s1. The van der Waals surface area contributed by atoms with Crippen molar-refractivity contribution >= 4 is 5.97 Å². The summed E-state index contributed by atoms with van der Waals surface area (Å²) in [6.07, 6.45) is 2.78. The predicted octanol–water partition coefficient (Wildman–Crippen LogP) is 5.55. The van der Waals surface area contributed by atoms with Crippen LogP contribution in [0.1, 0.15) is 41.1 Å². The summed E-state index contributed by atoms with van der Waals surface area (Å²) in [6.45, 7) is 4.24. The van der Waals surface area contributed by atoms with Crippen molar-refractivity contribution in [3.05, 3.63) is 76.7 Å². The molecule has 2 heterocycles. The van der Waals surface area contributed by atoms with Crippen LogP contribution in [-0.2, 0) is 22.6 Å². The Morgan fingerprint density at radius 3 is 2.73 bits per heavy atom. The fourth-order valence-corrected chi connectivity index (χ4v) is 5.87. The van der Waals surface area contributed by atoms with Gasteiger partial charge in [0.1, 0.15) is 18.2 Å². The maximum atomic E-state index is 14.6. The number of benzene rings is 2. The first-order chi connectivity index (χ1) is 18.0. The number of pyridine rings is 1. The first-order valence-electron chi connectivity index (χ1n) is 12.9. The van der Waals surface area contributed by atoms with Gasteiger partial charge in [-0.3, -0.25) is 4.79 Å². The molecular weight excluding hydrogens is 473 g/mol. The maximum absolute atomic E-state index is 14.6. The normalized spacial score (nSPS) is 22.3. The number of fused-ring (bicyclic) bond motifs is 3. The number of carboxylic acid groups (broad SMARTS) is 1. The molecule has 3 aliphatic rings. The minimum Gasteiger partial charge on any atom is -0.489 e. The number of aliphatic carboxylic acids is 1. The van der Waals surface area contributed by atoms with E-state index in [9.17, 15) is 14.3 Å². The Morgan fingerprint density at radius 1 is 1.11 bits per heavy atom. The minimum absolute atomic E-state index is 0.0990. The molecule has 3 aromatic rings. The number of rotatable bonds is 8. The third kappa shape index (κ3) is 4.80. The van der Waals surface area contributed by atoms with E-state index in [1.807, 2.05) is 43.3 Å². The Morgan fingerprint density at radius 2 is 1.95 bits per heavy atom. The van der Waals surface area contributed by atoms with Gasteiger partial charge in [-0.15, -0.1) is 0 Å². The van der Waals surface area contributed by atoms with Crippen LogP contribution in [0.15, 0.2) is 48.5 Å². The van der Waals surface area contributed by atoms with Gasteiger partial charge >= 0.3 is 5.97 Å². The molecular formula is C30H30FNO5. The van der Waals surface area contributed by atoms with Crippen LogP contribution in [0.5, 0.6) is 11.6 Å². The van der Waals surface area contributed by atoms with Crippen molar-refractivity contribution in [1.82, 2.24) is 4.98 Å². The summed E-state index contributed by atoms with van der Waals surface area (Å²) in [5, 5.41) is 9.31. The lowest BCUT2D eigenvalue weighted by Crippen LogP contribution is -2.21. The van der Waals surface area contributed by atoms with Gasteiger partial charge in [0.05, 0.1) is 12.5 Å². The van der Waals surface area contributed by atoms with Crippen molar-refractivity contribution in [3.8, 4) is 22.8 Å². The molecule has 0 spiro atoms. The van der Waals surface area contributed by atoms with E-state index in [1.165, 1.54) is 6.07 Å². The first kappa shape index (κ1) is 23.9. The molecule has 2 aromatic carbocycles. The molecule has 1 saturated carbocycles. The largest absolute Gasteiger partial charge is 0.489 e. The quantitative estimate of drug-likeness (QED) is 0.434. The number of carboxylic acids is 1. The van der Waals surface area contributed by atoms with E-state index in [0.29, 0.717) is 29.7 Å². The van der Waals surface area contributed by atoms with Crippen molar-refractivity contribution in [2.24, 2.45) is 17.8 Å². The number of aromatic nitrogens is 1. The van der Waals surface area contributed by atoms with Crippen LogP contribution in [0.2, 0.25) is 0 Å². The van der Waals surface area contributed by atoms with E-state index in [-0.39, 0.29) is 30.2 Å². The number of hydrogen-bond donors (Lipinski definition) is 1. The number of ether oxygens (including phenoxy) is 3. The topological polar surface area (TPSA) is 77.9 Å². The molecule has 3 atom stereocenters. The third-order valence-corrected chi connectivity index (χ3v) is 8.00. The fourth-order valence-electron chi connectivity index (χ4n) is 5.87. The van der Waals surface area contributed by atoms with Crippen molar-refractivity contribution in [2.45, 2.75) is 38.7 Å². The lowest BCUT2D eigenvalue weighted by molar-refractivity contribution is -0.139. The summed E-state index contributed by atoms with van der Waals surface area (Å²) in [5.74, 6) is 0.813. The summed E-state index contributed by atoms with van der Waals surface area (Å²) < 4.78 is 31.9. The van der Waals surface area contributed by atoms with Gasteiger partial charge in [-0.05, 0) is 85.0 Å². The second kappa shape index (κ2) is 9.78. The van der Waals surface area contributed by atoms with Crippen LogP contribution in [0.25, 0.3) is 11.1 Å². The van der Waals surface area contributed by atoms with E-state index in [1.54, 1.807) is 6.07 Å². The molecule has 1 aliphatic heterocycles. The zero-order valence-corrected chi connectivity index (χ0v) is 20.8. The monoisotopic (exact) mass is 503 g/mol. The van der Waals surface area contributed by atoms with Gasteiger partial charge < -0.3 is 19.3 Å². The van der Waals surface area contributed by atoms with Crippen molar-refractivity contribution < 1.29 is 28.5 Å². The molecule has 1 saturated heterocycles. The van der Waals surface area contributed by atoms with Gasteiger partial charge in [0.15, 0.2) is 0 Å². The van der Waals surface area contributed by atoms with E-state index in [0.717, 1.165) is 60.4 Å². The number of carbonyl (C=O) groups is 1. The molecule has 0 unspecified atom stereocenters. The van der Waals surface area contributed by atoms with Crippen LogP contribution < -0.4 is 9.47 Å². The zero-order chi connectivity index (χ0) is 25.5. The third-order valence-electron chi connectivity index (χ3n) is 8.00. The summed E-state index contributed by atoms with van der Waals surface area (Å²) in [7, 11) is 0. The van der Waals surface area contributed by atoms with Crippen LogP contribution in [-0.4, -0.2) is 35.9 Å². The lowest BCUT2D eigenvalue weighted by atomic mass is 10.0. The van der Waals surface area contributed by atoms with E-state index in [2.05, 4.69) is 4.98 Å². The summed E-state index contributed by atoms with van der Waals surface area (Å²) >= 11 is 0. The molecule has 6 nitrogen and oxygen atoms in total. The first-order valence-corrected chi connectivity index (χ1v) is 12.9.